The van der Waals surface area contributed by atoms with Crippen molar-refractivity contribution in [2.75, 3.05) is 13.1 Å². The maximum Gasteiger partial charge on any atom is 0.0423 e. The number of hydrogen-bond acceptors (Lipinski definition) is 1. The molecule has 0 bridgehead atoms. The van der Waals surface area contributed by atoms with E-state index in [1.807, 2.05) is 0 Å². The average Bonchev–Trinajstić information content (AvgIpc) is 2.46. The van der Waals surface area contributed by atoms with E-state index in [0.29, 0.717) is 5.92 Å². The lowest BCUT2D eigenvalue weighted by Gasteiger charge is -2.40. The van der Waals surface area contributed by atoms with E-state index in [1.165, 1.54) is 18.5 Å². The molecule has 1 aromatic carbocycles. The third-order valence-corrected chi connectivity index (χ3v) is 4.22. The Morgan fingerprint density at radius 3 is 2.47 bits per heavy atom. The van der Waals surface area contributed by atoms with Gasteiger partial charge in [-0.2, -0.15) is 0 Å². The molecule has 3 unspecified atom stereocenters. The molecular weight excluding hydrogens is 229 g/mol. The summed E-state index contributed by atoms with van der Waals surface area (Å²) in [5.41, 5.74) is 1.32. The Bertz CT molecular complexity index is 371. The molecule has 3 heteroatoms. The van der Waals surface area contributed by atoms with Gasteiger partial charge in [0.15, 0.2) is 0 Å². The van der Waals surface area contributed by atoms with Crippen LogP contribution >= 0.6 is 23.2 Å². The van der Waals surface area contributed by atoms with E-state index >= 15 is 0 Å². The summed E-state index contributed by atoms with van der Waals surface area (Å²) in [6, 6.07) is 5.93. The van der Waals surface area contributed by atoms with Gasteiger partial charge < -0.3 is 5.32 Å². The molecule has 1 saturated carbocycles. The summed E-state index contributed by atoms with van der Waals surface area (Å²) in [5.74, 6) is 2.36. The summed E-state index contributed by atoms with van der Waals surface area (Å²) in [4.78, 5) is 0. The van der Waals surface area contributed by atoms with Crippen molar-refractivity contribution in [2.45, 2.75) is 12.3 Å². The van der Waals surface area contributed by atoms with Crippen molar-refractivity contribution in [1.82, 2.24) is 5.32 Å². The standard InChI is InChI=1S/C12H13Cl2N/c13-9-1-7(2-10(14)4-9)11-3-8-5-15-6-12(8)11/h1-2,4,8,11-12,15H,3,5-6H2. The van der Waals surface area contributed by atoms with E-state index in [9.17, 15) is 0 Å². The predicted octanol–water partition coefficient (Wildman–Crippen LogP) is 3.32. The van der Waals surface area contributed by atoms with Gasteiger partial charge >= 0.3 is 0 Å². The fraction of sp³-hybridized carbons (Fsp3) is 0.500. The SMILES string of the molecule is Clc1cc(Cl)cc(C2CC3CNCC32)c1. The van der Waals surface area contributed by atoms with Crippen LogP contribution in [0.15, 0.2) is 18.2 Å². The molecule has 1 aromatic rings. The summed E-state index contributed by atoms with van der Waals surface area (Å²) in [7, 11) is 0. The van der Waals surface area contributed by atoms with Crippen LogP contribution in [0.25, 0.3) is 0 Å². The van der Waals surface area contributed by atoms with Crippen molar-refractivity contribution in [3.63, 3.8) is 0 Å². The molecule has 2 fully saturated rings. The molecule has 3 rings (SSSR count). The van der Waals surface area contributed by atoms with Crippen molar-refractivity contribution in [2.24, 2.45) is 11.8 Å². The van der Waals surface area contributed by atoms with Crippen molar-refractivity contribution in [3.8, 4) is 0 Å². The molecule has 1 saturated heterocycles. The smallest absolute Gasteiger partial charge is 0.0423 e. The molecule has 0 amide bonds. The normalized spacial score (nSPS) is 33.6. The van der Waals surface area contributed by atoms with Crippen LogP contribution in [0.1, 0.15) is 17.9 Å². The third kappa shape index (κ3) is 1.67. The number of halogens is 2. The van der Waals surface area contributed by atoms with Crippen LogP contribution in [0.2, 0.25) is 10.0 Å². The van der Waals surface area contributed by atoms with Gasteiger partial charge in [0.1, 0.15) is 0 Å². The minimum atomic E-state index is 0.668. The van der Waals surface area contributed by atoms with Gasteiger partial charge in [-0.05, 0) is 61.0 Å². The number of nitrogens with one attached hydrogen (secondary N) is 1. The van der Waals surface area contributed by atoms with E-state index in [1.54, 1.807) is 6.07 Å². The summed E-state index contributed by atoms with van der Waals surface area (Å²) in [5, 5.41) is 4.96. The zero-order chi connectivity index (χ0) is 10.4. The first-order valence-corrected chi connectivity index (χ1v) is 6.16. The van der Waals surface area contributed by atoms with E-state index in [0.717, 1.165) is 28.4 Å². The summed E-state index contributed by atoms with van der Waals surface area (Å²) < 4.78 is 0. The third-order valence-electron chi connectivity index (χ3n) is 3.78. The number of hydrogen-bond donors (Lipinski definition) is 1. The minimum Gasteiger partial charge on any atom is -0.316 e. The Kier molecular flexibility index (Phi) is 2.42. The molecule has 1 aliphatic carbocycles. The first kappa shape index (κ1) is 9.95. The highest BCUT2D eigenvalue weighted by Crippen LogP contribution is 2.49. The molecule has 0 spiro atoms. The molecule has 0 aromatic heterocycles. The molecule has 15 heavy (non-hydrogen) atoms. The second kappa shape index (κ2) is 3.65. The van der Waals surface area contributed by atoms with E-state index < -0.39 is 0 Å². The summed E-state index contributed by atoms with van der Waals surface area (Å²) in [6.07, 6.45) is 1.29. The van der Waals surface area contributed by atoms with Crippen molar-refractivity contribution in [1.29, 1.82) is 0 Å². The topological polar surface area (TPSA) is 12.0 Å². The first-order valence-electron chi connectivity index (χ1n) is 5.41. The second-order valence-electron chi connectivity index (χ2n) is 4.63. The first-order chi connectivity index (χ1) is 7.24. The van der Waals surface area contributed by atoms with Gasteiger partial charge in [0, 0.05) is 10.0 Å². The Morgan fingerprint density at radius 1 is 1.07 bits per heavy atom. The molecule has 80 valence electrons. The highest BCUT2D eigenvalue weighted by molar-refractivity contribution is 6.34. The highest BCUT2D eigenvalue weighted by atomic mass is 35.5. The van der Waals surface area contributed by atoms with Crippen LogP contribution in [-0.4, -0.2) is 13.1 Å². The maximum atomic E-state index is 6.02. The monoisotopic (exact) mass is 241 g/mol. The molecule has 1 aliphatic heterocycles. The zero-order valence-corrected chi connectivity index (χ0v) is 9.85. The van der Waals surface area contributed by atoms with Crippen molar-refractivity contribution >= 4 is 23.2 Å². The zero-order valence-electron chi connectivity index (χ0n) is 8.34. The molecule has 1 heterocycles. The molecule has 1 nitrogen and oxygen atoms in total. The van der Waals surface area contributed by atoms with E-state index in [-0.39, 0.29) is 0 Å². The number of benzene rings is 1. The molecule has 3 atom stereocenters. The molecule has 2 aliphatic rings. The fourth-order valence-corrected chi connectivity index (χ4v) is 3.50. The Hall–Kier alpha value is -0.240. The van der Waals surface area contributed by atoms with E-state index in [2.05, 4.69) is 17.4 Å². The highest BCUT2D eigenvalue weighted by Gasteiger charge is 2.44. The van der Waals surface area contributed by atoms with Crippen LogP contribution in [0, 0.1) is 11.8 Å². The fourth-order valence-electron chi connectivity index (χ4n) is 2.96. The lowest BCUT2D eigenvalue weighted by molar-refractivity contribution is 0.191. The van der Waals surface area contributed by atoms with Gasteiger partial charge in [-0.1, -0.05) is 23.2 Å². The quantitative estimate of drug-likeness (QED) is 0.796. The van der Waals surface area contributed by atoms with Gasteiger partial charge in [-0.25, -0.2) is 0 Å². The lowest BCUT2D eigenvalue weighted by Crippen LogP contribution is -2.33. The predicted molar refractivity (Wildman–Crippen MR) is 63.7 cm³/mol. The van der Waals surface area contributed by atoms with Crippen LogP contribution in [0.4, 0.5) is 0 Å². The van der Waals surface area contributed by atoms with Crippen LogP contribution in [0.5, 0.6) is 0 Å². The molecule has 0 radical (unpaired) electrons. The van der Waals surface area contributed by atoms with Crippen LogP contribution < -0.4 is 5.32 Å². The summed E-state index contributed by atoms with van der Waals surface area (Å²) >= 11 is 12.0. The van der Waals surface area contributed by atoms with Gasteiger partial charge in [0.25, 0.3) is 0 Å². The van der Waals surface area contributed by atoms with Crippen molar-refractivity contribution in [3.05, 3.63) is 33.8 Å². The van der Waals surface area contributed by atoms with Gasteiger partial charge in [-0.15, -0.1) is 0 Å². The second-order valence-corrected chi connectivity index (χ2v) is 5.50. The number of fused-ring (bicyclic) bond motifs is 1. The lowest BCUT2D eigenvalue weighted by atomic mass is 9.64. The Labute approximate surface area is 99.8 Å². The van der Waals surface area contributed by atoms with Gasteiger partial charge in [0.2, 0.25) is 0 Å². The van der Waals surface area contributed by atoms with Crippen LogP contribution in [-0.2, 0) is 0 Å². The Morgan fingerprint density at radius 2 is 1.80 bits per heavy atom. The maximum absolute atomic E-state index is 6.02. The van der Waals surface area contributed by atoms with Gasteiger partial charge in [0.05, 0.1) is 0 Å². The number of rotatable bonds is 1. The Balaban J connectivity index is 1.87. The van der Waals surface area contributed by atoms with Gasteiger partial charge in [-0.3, -0.25) is 0 Å². The molecule has 1 N–H and O–H groups in total. The average molecular weight is 242 g/mol. The van der Waals surface area contributed by atoms with Crippen molar-refractivity contribution < 1.29 is 0 Å². The minimum absolute atomic E-state index is 0.668. The largest absolute Gasteiger partial charge is 0.316 e. The summed E-state index contributed by atoms with van der Waals surface area (Å²) in [6.45, 7) is 2.34. The molecular formula is C12H13Cl2N. The van der Waals surface area contributed by atoms with E-state index in [4.69, 9.17) is 23.2 Å². The van der Waals surface area contributed by atoms with Crippen LogP contribution in [0.3, 0.4) is 0 Å².